The van der Waals surface area contributed by atoms with Crippen LogP contribution < -0.4 is 20.5 Å². The molecule has 3 N–H and O–H groups in total. The first-order chi connectivity index (χ1) is 14.1. The first-order valence-corrected chi connectivity index (χ1v) is 10.5. The minimum atomic E-state index is -0.288. The Labute approximate surface area is 175 Å². The second-order valence-corrected chi connectivity index (χ2v) is 7.91. The number of ketones is 1. The van der Waals surface area contributed by atoms with Crippen molar-refractivity contribution < 1.29 is 14.3 Å². The SMILES string of the molecule is COc1ccc(OC)c(C(=O)c2sc(NCCN3CCCCC3)c(C#N)c2N)c1. The summed E-state index contributed by atoms with van der Waals surface area (Å²) in [6, 6.07) is 7.16. The number of thiophene rings is 1. The number of likely N-dealkylation sites (tertiary alicyclic amines) is 1. The van der Waals surface area contributed by atoms with Crippen molar-refractivity contribution in [3.63, 3.8) is 0 Å². The number of anilines is 2. The van der Waals surface area contributed by atoms with Crippen LogP contribution in [0.1, 0.15) is 40.1 Å². The van der Waals surface area contributed by atoms with Gasteiger partial charge in [-0.1, -0.05) is 6.42 Å². The Morgan fingerprint density at radius 1 is 1.28 bits per heavy atom. The van der Waals surface area contributed by atoms with Crippen molar-refractivity contribution in [2.24, 2.45) is 0 Å². The summed E-state index contributed by atoms with van der Waals surface area (Å²) >= 11 is 1.21. The number of piperidine rings is 1. The lowest BCUT2D eigenvalue weighted by atomic mass is 10.1. The van der Waals surface area contributed by atoms with Crippen LogP contribution in [0.15, 0.2) is 18.2 Å². The molecular formula is C21H26N4O3S. The predicted molar refractivity (Wildman–Crippen MR) is 115 cm³/mol. The molecular weight excluding hydrogens is 388 g/mol. The number of hydrogen-bond donors (Lipinski definition) is 2. The summed E-state index contributed by atoms with van der Waals surface area (Å²) in [5.74, 6) is 0.690. The molecule has 0 saturated carbocycles. The molecule has 0 bridgehead atoms. The third kappa shape index (κ3) is 4.63. The zero-order chi connectivity index (χ0) is 20.8. The number of ether oxygens (including phenoxy) is 2. The van der Waals surface area contributed by atoms with Gasteiger partial charge in [0.25, 0.3) is 0 Å². The number of nitrogens with one attached hydrogen (secondary N) is 1. The number of nitrogens with two attached hydrogens (primary N) is 1. The lowest BCUT2D eigenvalue weighted by Gasteiger charge is -2.26. The number of rotatable bonds is 8. The van der Waals surface area contributed by atoms with Crippen LogP contribution >= 0.6 is 11.3 Å². The van der Waals surface area contributed by atoms with Crippen LogP contribution in [0.5, 0.6) is 11.5 Å². The molecule has 0 radical (unpaired) electrons. The fourth-order valence-corrected chi connectivity index (χ4v) is 4.52. The number of nitrogens with zero attached hydrogens (tertiary/aromatic N) is 2. The van der Waals surface area contributed by atoms with Crippen LogP contribution in [0, 0.1) is 11.3 Å². The maximum atomic E-state index is 13.2. The van der Waals surface area contributed by atoms with Gasteiger partial charge in [0, 0.05) is 13.1 Å². The molecule has 2 aromatic rings. The maximum absolute atomic E-state index is 13.2. The van der Waals surface area contributed by atoms with Gasteiger partial charge < -0.3 is 25.4 Å². The van der Waals surface area contributed by atoms with Crippen LogP contribution in [0.3, 0.4) is 0 Å². The molecule has 0 amide bonds. The average molecular weight is 415 g/mol. The summed E-state index contributed by atoms with van der Waals surface area (Å²) in [4.78, 5) is 15.9. The summed E-state index contributed by atoms with van der Waals surface area (Å²) in [6.45, 7) is 3.82. The Hall–Kier alpha value is -2.76. The highest BCUT2D eigenvalue weighted by molar-refractivity contribution is 7.19. The summed E-state index contributed by atoms with van der Waals surface area (Å²) < 4.78 is 10.6. The smallest absolute Gasteiger partial charge is 0.209 e. The number of benzene rings is 1. The first-order valence-electron chi connectivity index (χ1n) is 9.64. The standard InChI is InChI=1S/C21H26N4O3S/c1-27-14-6-7-17(28-2)15(12-14)19(26)20-18(23)16(13-22)21(29-20)24-8-11-25-9-4-3-5-10-25/h6-7,12,24H,3-5,8-11,23H2,1-2H3. The van der Waals surface area contributed by atoms with Gasteiger partial charge in [-0.25, -0.2) is 0 Å². The van der Waals surface area contributed by atoms with Gasteiger partial charge in [0.15, 0.2) is 0 Å². The molecule has 0 unspecified atom stereocenters. The van der Waals surface area contributed by atoms with E-state index < -0.39 is 0 Å². The molecule has 154 valence electrons. The lowest BCUT2D eigenvalue weighted by Crippen LogP contribution is -2.33. The van der Waals surface area contributed by atoms with Gasteiger partial charge in [-0.3, -0.25) is 4.79 Å². The highest BCUT2D eigenvalue weighted by Gasteiger charge is 2.25. The molecule has 1 aromatic carbocycles. The summed E-state index contributed by atoms with van der Waals surface area (Å²) in [6.07, 6.45) is 3.76. The zero-order valence-corrected chi connectivity index (χ0v) is 17.6. The van der Waals surface area contributed by atoms with Gasteiger partial charge in [0.05, 0.1) is 25.5 Å². The maximum Gasteiger partial charge on any atom is 0.209 e. The first kappa shape index (κ1) is 21.0. The van der Waals surface area contributed by atoms with E-state index in [9.17, 15) is 10.1 Å². The van der Waals surface area contributed by atoms with E-state index in [-0.39, 0.29) is 11.5 Å². The average Bonchev–Trinajstić information content (AvgIpc) is 3.08. The normalized spacial score (nSPS) is 14.2. The molecule has 29 heavy (non-hydrogen) atoms. The summed E-state index contributed by atoms with van der Waals surface area (Å²) in [7, 11) is 3.04. The number of nitriles is 1. The van der Waals surface area contributed by atoms with Crippen LogP contribution in [0.25, 0.3) is 0 Å². The summed E-state index contributed by atoms with van der Waals surface area (Å²) in [5, 5.41) is 13.5. The van der Waals surface area contributed by atoms with Crippen molar-refractivity contribution in [1.82, 2.24) is 4.90 Å². The van der Waals surface area contributed by atoms with Gasteiger partial charge in [0.2, 0.25) is 5.78 Å². The molecule has 1 aliphatic heterocycles. The predicted octanol–water partition coefficient (Wildman–Crippen LogP) is 3.35. The van der Waals surface area contributed by atoms with E-state index in [0.29, 0.717) is 39.0 Å². The number of methoxy groups -OCH3 is 2. The van der Waals surface area contributed by atoms with E-state index in [2.05, 4.69) is 16.3 Å². The van der Waals surface area contributed by atoms with Crippen LogP contribution in [0.2, 0.25) is 0 Å². The van der Waals surface area contributed by atoms with Crippen LogP contribution in [-0.4, -0.2) is 51.1 Å². The van der Waals surface area contributed by atoms with Gasteiger partial charge in [-0.2, -0.15) is 5.26 Å². The quantitative estimate of drug-likeness (QED) is 0.639. The Morgan fingerprint density at radius 3 is 2.69 bits per heavy atom. The molecule has 1 saturated heterocycles. The Morgan fingerprint density at radius 2 is 2.03 bits per heavy atom. The highest BCUT2D eigenvalue weighted by atomic mass is 32.1. The van der Waals surface area contributed by atoms with Crippen molar-refractivity contribution in [3.8, 4) is 17.6 Å². The molecule has 1 aromatic heterocycles. The molecule has 0 spiro atoms. The van der Waals surface area contributed by atoms with Crippen molar-refractivity contribution >= 4 is 27.8 Å². The van der Waals surface area contributed by atoms with E-state index >= 15 is 0 Å². The molecule has 8 heteroatoms. The van der Waals surface area contributed by atoms with Gasteiger partial charge >= 0.3 is 0 Å². The van der Waals surface area contributed by atoms with E-state index in [4.69, 9.17) is 15.2 Å². The van der Waals surface area contributed by atoms with E-state index in [1.165, 1.54) is 44.8 Å². The van der Waals surface area contributed by atoms with E-state index in [1.807, 2.05) is 0 Å². The molecule has 7 nitrogen and oxygen atoms in total. The molecule has 2 heterocycles. The largest absolute Gasteiger partial charge is 0.497 e. The third-order valence-electron chi connectivity index (χ3n) is 5.08. The number of hydrogen-bond acceptors (Lipinski definition) is 8. The van der Waals surface area contributed by atoms with Gasteiger partial charge in [0.1, 0.15) is 33.0 Å². The van der Waals surface area contributed by atoms with E-state index in [1.54, 1.807) is 18.2 Å². The monoisotopic (exact) mass is 414 g/mol. The fraction of sp³-hybridized carbons (Fsp3) is 0.429. The molecule has 0 aliphatic carbocycles. The number of carbonyl (C=O) groups is 1. The Balaban J connectivity index is 1.81. The van der Waals surface area contributed by atoms with Crippen molar-refractivity contribution in [3.05, 3.63) is 34.2 Å². The van der Waals surface area contributed by atoms with E-state index in [0.717, 1.165) is 19.6 Å². The number of nitrogen functional groups attached to an aromatic ring is 1. The Bertz CT molecular complexity index is 913. The Kier molecular flexibility index (Phi) is 6.96. The minimum Gasteiger partial charge on any atom is -0.497 e. The minimum absolute atomic E-state index is 0.202. The van der Waals surface area contributed by atoms with Crippen LogP contribution in [0.4, 0.5) is 10.7 Å². The zero-order valence-electron chi connectivity index (χ0n) is 16.8. The van der Waals surface area contributed by atoms with Crippen molar-refractivity contribution in [2.45, 2.75) is 19.3 Å². The lowest BCUT2D eigenvalue weighted by molar-refractivity contribution is 0.104. The molecule has 0 atom stereocenters. The van der Waals surface area contributed by atoms with Gasteiger partial charge in [-0.05, 0) is 44.1 Å². The van der Waals surface area contributed by atoms with Crippen molar-refractivity contribution in [1.29, 1.82) is 5.26 Å². The second-order valence-electron chi connectivity index (χ2n) is 6.89. The molecule has 1 fully saturated rings. The fourth-order valence-electron chi connectivity index (χ4n) is 3.47. The third-order valence-corrected chi connectivity index (χ3v) is 6.24. The molecule has 1 aliphatic rings. The molecule has 3 rings (SSSR count). The summed E-state index contributed by atoms with van der Waals surface area (Å²) in [5.41, 5.74) is 7.05. The van der Waals surface area contributed by atoms with Crippen molar-refractivity contribution in [2.75, 3.05) is 51.4 Å². The second kappa shape index (κ2) is 9.63. The van der Waals surface area contributed by atoms with Crippen LogP contribution in [-0.2, 0) is 0 Å². The highest BCUT2D eigenvalue weighted by Crippen LogP contribution is 2.38. The number of carbonyl (C=O) groups excluding carboxylic acids is 1. The topological polar surface area (TPSA) is 101 Å². The van der Waals surface area contributed by atoms with Gasteiger partial charge in [-0.15, -0.1) is 11.3 Å².